The molecule has 1 N–H and O–H groups in total. The number of ether oxygens (including phenoxy) is 1. The molecule has 1 aliphatic heterocycles. The fourth-order valence-electron chi connectivity index (χ4n) is 3.05. The molecule has 0 radical (unpaired) electrons. The first kappa shape index (κ1) is 17.5. The highest BCUT2D eigenvalue weighted by atomic mass is 16.5. The number of rotatable bonds is 6. The summed E-state index contributed by atoms with van der Waals surface area (Å²) < 4.78 is 5.23. The second-order valence-electron chi connectivity index (χ2n) is 6.21. The summed E-state index contributed by atoms with van der Waals surface area (Å²) in [6.07, 6.45) is 3.53. The van der Waals surface area contributed by atoms with E-state index in [1.165, 1.54) is 0 Å². The lowest BCUT2D eigenvalue weighted by Crippen LogP contribution is -2.44. The number of β-amino-alcohol motifs (C(OH)–C–C–N with tert-alkyl or cyclic N) is 1. The highest BCUT2D eigenvalue weighted by Gasteiger charge is 2.13. The average molecular weight is 340 g/mol. The molecule has 1 heterocycles. The summed E-state index contributed by atoms with van der Waals surface area (Å²) in [6.45, 7) is 4.50. The van der Waals surface area contributed by atoms with Crippen molar-refractivity contribution in [2.24, 2.45) is 0 Å². The van der Waals surface area contributed by atoms with Crippen molar-refractivity contribution in [3.8, 4) is 5.75 Å². The number of aliphatic hydroxyl groups is 1. The Morgan fingerprint density at radius 2 is 1.84 bits per heavy atom. The number of fused-ring (bicyclic) bond motifs is 1. The zero-order valence-corrected chi connectivity index (χ0v) is 14.5. The van der Waals surface area contributed by atoms with Gasteiger partial charge in [0.15, 0.2) is 5.78 Å². The van der Waals surface area contributed by atoms with E-state index in [2.05, 4.69) is 9.80 Å². The Labute approximate surface area is 148 Å². The van der Waals surface area contributed by atoms with Gasteiger partial charge < -0.3 is 14.7 Å². The Morgan fingerprint density at radius 3 is 2.56 bits per heavy atom. The van der Waals surface area contributed by atoms with Crippen molar-refractivity contribution in [2.45, 2.75) is 0 Å². The maximum atomic E-state index is 12.4. The molecule has 0 spiro atoms. The number of carbonyl (C=O) groups is 1. The minimum atomic E-state index is 0.00973. The van der Waals surface area contributed by atoms with Gasteiger partial charge in [-0.25, -0.2) is 0 Å². The third-order valence-electron chi connectivity index (χ3n) is 4.59. The molecule has 5 nitrogen and oxygen atoms in total. The van der Waals surface area contributed by atoms with E-state index >= 15 is 0 Å². The summed E-state index contributed by atoms with van der Waals surface area (Å²) >= 11 is 0. The van der Waals surface area contributed by atoms with Gasteiger partial charge in [0.05, 0.1) is 13.7 Å². The molecular weight excluding hydrogens is 316 g/mol. The van der Waals surface area contributed by atoms with Gasteiger partial charge in [0.2, 0.25) is 0 Å². The minimum Gasteiger partial charge on any atom is -0.497 e. The lowest BCUT2D eigenvalue weighted by molar-refractivity contribution is 0.104. The molecule has 25 heavy (non-hydrogen) atoms. The van der Waals surface area contributed by atoms with Crippen LogP contribution < -0.4 is 4.74 Å². The van der Waals surface area contributed by atoms with Crippen molar-refractivity contribution in [1.82, 2.24) is 9.80 Å². The second kappa shape index (κ2) is 8.14. The summed E-state index contributed by atoms with van der Waals surface area (Å²) in [5.41, 5.74) is 0.688. The van der Waals surface area contributed by atoms with Crippen LogP contribution in [-0.4, -0.2) is 67.1 Å². The Hall–Kier alpha value is -2.37. The van der Waals surface area contributed by atoms with Crippen LogP contribution >= 0.6 is 0 Å². The maximum absolute atomic E-state index is 12.4. The predicted molar refractivity (Wildman–Crippen MR) is 99.1 cm³/mol. The first-order valence-corrected chi connectivity index (χ1v) is 8.57. The van der Waals surface area contributed by atoms with Crippen LogP contribution in [0.5, 0.6) is 5.75 Å². The molecule has 5 heteroatoms. The molecular formula is C20H24N2O3. The number of hydrogen-bond acceptors (Lipinski definition) is 5. The molecule has 0 aromatic heterocycles. The van der Waals surface area contributed by atoms with Gasteiger partial charge >= 0.3 is 0 Å². The van der Waals surface area contributed by atoms with Gasteiger partial charge in [-0.15, -0.1) is 0 Å². The fourth-order valence-corrected chi connectivity index (χ4v) is 3.05. The Balaban J connectivity index is 1.64. The van der Waals surface area contributed by atoms with Crippen molar-refractivity contribution < 1.29 is 14.6 Å². The first-order valence-electron chi connectivity index (χ1n) is 8.57. The standard InChI is InChI=1S/C20H24N2O3/c1-25-19-5-4-16-14-18(3-2-17(16)15-19)20(24)6-7-21-8-10-22(11-9-21)12-13-23/h2-7,14-15,23H,8-13H2,1H3/b7-6+. The van der Waals surface area contributed by atoms with E-state index in [0.717, 1.165) is 49.2 Å². The SMILES string of the molecule is COc1ccc2cc(C(=O)/C=C/N3CCN(CCO)CC3)ccc2c1. The van der Waals surface area contributed by atoms with Crippen LogP contribution in [0.1, 0.15) is 10.4 Å². The van der Waals surface area contributed by atoms with E-state index in [4.69, 9.17) is 9.84 Å². The van der Waals surface area contributed by atoms with E-state index < -0.39 is 0 Å². The molecule has 2 aromatic rings. The predicted octanol–water partition coefficient (Wildman–Crippen LogP) is 2.15. The number of hydrogen-bond donors (Lipinski definition) is 1. The molecule has 1 fully saturated rings. The van der Waals surface area contributed by atoms with Gasteiger partial charge in [0.25, 0.3) is 0 Å². The molecule has 132 valence electrons. The van der Waals surface area contributed by atoms with Crippen LogP contribution in [0.15, 0.2) is 48.7 Å². The molecule has 3 rings (SSSR count). The van der Waals surface area contributed by atoms with Gasteiger partial charge in [-0.2, -0.15) is 0 Å². The van der Waals surface area contributed by atoms with Crippen molar-refractivity contribution >= 4 is 16.6 Å². The fraction of sp³-hybridized carbons (Fsp3) is 0.350. The number of benzene rings is 2. The summed E-state index contributed by atoms with van der Waals surface area (Å²) in [5, 5.41) is 11.1. The third-order valence-corrected chi connectivity index (χ3v) is 4.59. The normalized spacial score (nSPS) is 15.8. The van der Waals surface area contributed by atoms with E-state index in [1.807, 2.05) is 42.6 Å². The lowest BCUT2D eigenvalue weighted by Gasteiger charge is -2.33. The summed E-state index contributed by atoms with van der Waals surface area (Å²) in [6, 6.07) is 11.6. The molecule has 0 bridgehead atoms. The summed E-state index contributed by atoms with van der Waals surface area (Å²) in [7, 11) is 1.65. The van der Waals surface area contributed by atoms with Gasteiger partial charge in [-0.1, -0.05) is 18.2 Å². The topological polar surface area (TPSA) is 53.0 Å². The van der Waals surface area contributed by atoms with Crippen molar-refractivity contribution in [3.05, 3.63) is 54.2 Å². The average Bonchev–Trinajstić information content (AvgIpc) is 2.66. The minimum absolute atomic E-state index is 0.00973. The van der Waals surface area contributed by atoms with Crippen LogP contribution in [0.4, 0.5) is 0 Å². The Morgan fingerprint density at radius 1 is 1.12 bits per heavy atom. The first-order chi connectivity index (χ1) is 12.2. The number of ketones is 1. The molecule has 1 saturated heterocycles. The van der Waals surface area contributed by atoms with Crippen LogP contribution in [0.3, 0.4) is 0 Å². The van der Waals surface area contributed by atoms with E-state index in [0.29, 0.717) is 5.56 Å². The zero-order valence-electron chi connectivity index (χ0n) is 14.5. The Kier molecular flexibility index (Phi) is 5.68. The summed E-state index contributed by atoms with van der Waals surface area (Å²) in [4.78, 5) is 16.8. The van der Waals surface area contributed by atoms with Crippen molar-refractivity contribution in [3.63, 3.8) is 0 Å². The quantitative estimate of drug-likeness (QED) is 0.645. The van der Waals surface area contributed by atoms with E-state index in [-0.39, 0.29) is 12.4 Å². The number of allylic oxidation sites excluding steroid dienone is 1. The highest BCUT2D eigenvalue weighted by Crippen LogP contribution is 2.22. The maximum Gasteiger partial charge on any atom is 0.187 e. The number of carbonyl (C=O) groups excluding carboxylic acids is 1. The summed E-state index contributed by atoms with van der Waals surface area (Å²) in [5.74, 6) is 0.822. The smallest absolute Gasteiger partial charge is 0.187 e. The van der Waals surface area contributed by atoms with Crippen LogP contribution in [0.25, 0.3) is 10.8 Å². The molecule has 0 unspecified atom stereocenters. The Bertz CT molecular complexity index is 765. The molecule has 1 aliphatic rings. The third kappa shape index (κ3) is 4.38. The number of aliphatic hydroxyl groups excluding tert-OH is 1. The van der Waals surface area contributed by atoms with Gasteiger partial charge in [-0.05, 0) is 29.0 Å². The molecule has 0 saturated carbocycles. The molecule has 0 amide bonds. The molecule has 2 aromatic carbocycles. The number of nitrogens with zero attached hydrogens (tertiary/aromatic N) is 2. The molecule has 0 atom stereocenters. The number of piperazine rings is 1. The highest BCUT2D eigenvalue weighted by molar-refractivity contribution is 6.06. The van der Waals surface area contributed by atoms with Crippen LogP contribution in [0.2, 0.25) is 0 Å². The van der Waals surface area contributed by atoms with Crippen LogP contribution in [-0.2, 0) is 0 Å². The second-order valence-corrected chi connectivity index (χ2v) is 6.21. The van der Waals surface area contributed by atoms with Gasteiger partial charge in [0, 0.05) is 50.6 Å². The lowest BCUT2D eigenvalue weighted by atomic mass is 10.0. The van der Waals surface area contributed by atoms with Crippen molar-refractivity contribution in [2.75, 3.05) is 46.4 Å². The van der Waals surface area contributed by atoms with E-state index in [9.17, 15) is 4.79 Å². The van der Waals surface area contributed by atoms with Crippen LogP contribution in [0, 0.1) is 0 Å². The monoisotopic (exact) mass is 340 g/mol. The van der Waals surface area contributed by atoms with E-state index in [1.54, 1.807) is 13.2 Å². The number of methoxy groups -OCH3 is 1. The largest absolute Gasteiger partial charge is 0.497 e. The molecule has 0 aliphatic carbocycles. The van der Waals surface area contributed by atoms with Gasteiger partial charge in [0.1, 0.15) is 5.75 Å². The van der Waals surface area contributed by atoms with Gasteiger partial charge in [-0.3, -0.25) is 9.69 Å². The zero-order chi connectivity index (χ0) is 17.6. The van der Waals surface area contributed by atoms with Crippen molar-refractivity contribution in [1.29, 1.82) is 0 Å².